The van der Waals surface area contributed by atoms with Crippen LogP contribution in [0.3, 0.4) is 0 Å². The van der Waals surface area contributed by atoms with Crippen molar-refractivity contribution in [2.75, 3.05) is 54.2 Å². The monoisotopic (exact) mass is 489 g/mol. The summed E-state index contributed by atoms with van der Waals surface area (Å²) in [5, 5.41) is 12.3. The standard InChI is InChI=1S/C27H35N7O2/c1-18(2)24-25(30-31-26(24)21-12-23(35-5)27-28-16-29-34(27)15-21)20-8-6-19(7-9-20)22-13-33(14-22)17-36-11-10-32(3)4/h6-9,12,15-16,18,22H,10-11,13-14,17H2,1-5H3,(H,30,31). The molecule has 190 valence electrons. The summed E-state index contributed by atoms with van der Waals surface area (Å²) in [6.07, 6.45) is 3.49. The van der Waals surface area contributed by atoms with Gasteiger partial charge in [-0.1, -0.05) is 38.1 Å². The van der Waals surface area contributed by atoms with E-state index in [2.05, 4.69) is 77.2 Å². The molecule has 1 aromatic carbocycles. The predicted octanol–water partition coefficient (Wildman–Crippen LogP) is 3.85. The van der Waals surface area contributed by atoms with Gasteiger partial charge in [0, 0.05) is 48.4 Å². The molecule has 0 bridgehead atoms. The number of nitrogens with zero attached hydrogens (tertiary/aromatic N) is 6. The Balaban J connectivity index is 1.32. The lowest BCUT2D eigenvalue weighted by molar-refractivity contribution is -0.0171. The van der Waals surface area contributed by atoms with E-state index >= 15 is 0 Å². The maximum absolute atomic E-state index is 5.77. The Kier molecular flexibility index (Phi) is 7.04. The van der Waals surface area contributed by atoms with Gasteiger partial charge in [-0.25, -0.2) is 9.50 Å². The topological polar surface area (TPSA) is 83.8 Å². The Bertz CT molecular complexity index is 1300. The molecule has 1 aliphatic rings. The van der Waals surface area contributed by atoms with Gasteiger partial charge in [-0.15, -0.1) is 0 Å². The Morgan fingerprint density at radius 1 is 1.14 bits per heavy atom. The zero-order chi connectivity index (χ0) is 25.2. The molecule has 1 aliphatic heterocycles. The van der Waals surface area contributed by atoms with E-state index in [0.29, 0.717) is 24.0 Å². The quantitative estimate of drug-likeness (QED) is 0.339. The molecule has 4 aromatic rings. The summed E-state index contributed by atoms with van der Waals surface area (Å²) in [5.74, 6) is 1.51. The number of hydrogen-bond acceptors (Lipinski definition) is 7. The molecule has 3 aromatic heterocycles. The molecule has 0 atom stereocenters. The number of methoxy groups -OCH3 is 1. The number of rotatable bonds is 10. The van der Waals surface area contributed by atoms with Crippen molar-refractivity contribution in [1.29, 1.82) is 0 Å². The minimum absolute atomic E-state index is 0.276. The fourth-order valence-electron chi connectivity index (χ4n) is 4.78. The average molecular weight is 490 g/mol. The van der Waals surface area contributed by atoms with E-state index in [1.165, 1.54) is 17.5 Å². The van der Waals surface area contributed by atoms with Crippen molar-refractivity contribution in [2.24, 2.45) is 0 Å². The highest BCUT2D eigenvalue weighted by Gasteiger charge is 2.28. The van der Waals surface area contributed by atoms with Gasteiger partial charge in [0.15, 0.2) is 11.4 Å². The van der Waals surface area contributed by atoms with Crippen molar-refractivity contribution in [3.63, 3.8) is 0 Å². The predicted molar refractivity (Wildman–Crippen MR) is 140 cm³/mol. The SMILES string of the molecule is COc1cc(-c2[nH]nc(-c3ccc(C4CN(COCCN(C)C)C4)cc3)c2C(C)C)cn2ncnc12. The molecule has 36 heavy (non-hydrogen) atoms. The maximum Gasteiger partial charge on any atom is 0.197 e. The lowest BCUT2D eigenvalue weighted by Crippen LogP contribution is -2.46. The number of likely N-dealkylation sites (N-methyl/N-ethyl adjacent to an activating group) is 1. The minimum Gasteiger partial charge on any atom is -0.493 e. The molecule has 5 rings (SSSR count). The second-order valence-corrected chi connectivity index (χ2v) is 10.0. The van der Waals surface area contributed by atoms with Gasteiger partial charge >= 0.3 is 0 Å². The molecule has 9 heteroatoms. The number of fused-ring (bicyclic) bond motifs is 1. The largest absolute Gasteiger partial charge is 0.493 e. The molecule has 0 radical (unpaired) electrons. The number of pyridine rings is 1. The van der Waals surface area contributed by atoms with Crippen LogP contribution in [-0.4, -0.2) is 88.8 Å². The van der Waals surface area contributed by atoms with Crippen molar-refractivity contribution in [1.82, 2.24) is 34.6 Å². The van der Waals surface area contributed by atoms with E-state index in [1.807, 2.05) is 12.3 Å². The molecule has 4 heterocycles. The van der Waals surface area contributed by atoms with Crippen LogP contribution in [0.25, 0.3) is 28.2 Å². The summed E-state index contributed by atoms with van der Waals surface area (Å²) < 4.78 is 13.1. The van der Waals surface area contributed by atoms with Crippen molar-refractivity contribution in [2.45, 2.75) is 25.7 Å². The van der Waals surface area contributed by atoms with Gasteiger partial charge in [-0.2, -0.15) is 10.2 Å². The zero-order valence-corrected chi connectivity index (χ0v) is 21.7. The molecule has 0 unspecified atom stereocenters. The van der Waals surface area contributed by atoms with Gasteiger partial charge in [0.05, 0.1) is 31.8 Å². The van der Waals surface area contributed by atoms with Gasteiger partial charge in [0.1, 0.15) is 6.33 Å². The van der Waals surface area contributed by atoms with Crippen LogP contribution >= 0.6 is 0 Å². The Morgan fingerprint density at radius 3 is 2.61 bits per heavy atom. The van der Waals surface area contributed by atoms with Crippen LogP contribution in [0.4, 0.5) is 0 Å². The number of likely N-dealkylation sites (tertiary alicyclic amines) is 1. The van der Waals surface area contributed by atoms with E-state index in [4.69, 9.17) is 14.6 Å². The van der Waals surface area contributed by atoms with Crippen LogP contribution in [0, 0.1) is 0 Å². The van der Waals surface area contributed by atoms with E-state index in [1.54, 1.807) is 11.6 Å². The second kappa shape index (κ2) is 10.4. The first kappa shape index (κ1) is 24.4. The summed E-state index contributed by atoms with van der Waals surface area (Å²) in [5.41, 5.74) is 7.27. The summed E-state index contributed by atoms with van der Waals surface area (Å²) in [6.45, 7) is 8.90. The molecule has 0 spiro atoms. The summed E-state index contributed by atoms with van der Waals surface area (Å²) in [4.78, 5) is 8.78. The zero-order valence-electron chi connectivity index (χ0n) is 21.7. The summed E-state index contributed by atoms with van der Waals surface area (Å²) in [6, 6.07) is 10.9. The lowest BCUT2D eigenvalue weighted by Gasteiger charge is -2.39. The molecule has 9 nitrogen and oxygen atoms in total. The van der Waals surface area contributed by atoms with Crippen molar-refractivity contribution < 1.29 is 9.47 Å². The highest BCUT2D eigenvalue weighted by Crippen LogP contribution is 2.37. The van der Waals surface area contributed by atoms with Gasteiger partial charge in [0.2, 0.25) is 0 Å². The molecule has 1 fully saturated rings. The van der Waals surface area contributed by atoms with Crippen LogP contribution in [0.15, 0.2) is 42.9 Å². The van der Waals surface area contributed by atoms with Crippen LogP contribution in [-0.2, 0) is 4.74 Å². The number of nitrogens with one attached hydrogen (secondary N) is 1. The molecule has 1 N–H and O–H groups in total. The lowest BCUT2D eigenvalue weighted by atomic mass is 9.89. The van der Waals surface area contributed by atoms with Crippen molar-refractivity contribution >= 4 is 5.65 Å². The van der Waals surface area contributed by atoms with E-state index in [0.717, 1.165) is 48.8 Å². The number of aromatic amines is 1. The van der Waals surface area contributed by atoms with Gasteiger partial charge < -0.3 is 14.4 Å². The number of ether oxygens (including phenoxy) is 2. The third kappa shape index (κ3) is 4.86. The number of H-pyrrole nitrogens is 1. The van der Waals surface area contributed by atoms with Gasteiger partial charge in [0.25, 0.3) is 0 Å². The molecule has 1 saturated heterocycles. The smallest absolute Gasteiger partial charge is 0.197 e. The first-order chi connectivity index (χ1) is 17.4. The second-order valence-electron chi connectivity index (χ2n) is 10.0. The molecule has 0 amide bonds. The Labute approximate surface area is 212 Å². The highest BCUT2D eigenvalue weighted by molar-refractivity contribution is 5.76. The van der Waals surface area contributed by atoms with Crippen molar-refractivity contribution in [3.05, 3.63) is 54.0 Å². The average Bonchev–Trinajstić information content (AvgIpc) is 3.49. The summed E-state index contributed by atoms with van der Waals surface area (Å²) >= 11 is 0. The fourth-order valence-corrected chi connectivity index (χ4v) is 4.78. The van der Waals surface area contributed by atoms with Crippen LogP contribution < -0.4 is 4.74 Å². The Hall–Kier alpha value is -3.27. The van der Waals surface area contributed by atoms with Gasteiger partial charge in [-0.05, 0) is 31.6 Å². The number of benzene rings is 1. The molecular weight excluding hydrogens is 454 g/mol. The number of hydrogen-bond donors (Lipinski definition) is 1. The van der Waals surface area contributed by atoms with Crippen LogP contribution in [0.1, 0.15) is 36.8 Å². The molecular formula is C27H35N7O2. The number of aromatic nitrogens is 5. The first-order valence-corrected chi connectivity index (χ1v) is 12.5. The molecule has 0 saturated carbocycles. The minimum atomic E-state index is 0.276. The summed E-state index contributed by atoms with van der Waals surface area (Å²) in [7, 11) is 5.78. The van der Waals surface area contributed by atoms with E-state index < -0.39 is 0 Å². The van der Waals surface area contributed by atoms with Crippen LogP contribution in [0.5, 0.6) is 5.75 Å². The first-order valence-electron chi connectivity index (χ1n) is 12.5. The fraction of sp³-hybridized carbons (Fsp3) is 0.444. The normalized spacial score (nSPS) is 14.8. The van der Waals surface area contributed by atoms with Crippen molar-refractivity contribution in [3.8, 4) is 28.3 Å². The van der Waals surface area contributed by atoms with Crippen LogP contribution in [0.2, 0.25) is 0 Å². The Morgan fingerprint density at radius 2 is 1.92 bits per heavy atom. The van der Waals surface area contributed by atoms with E-state index in [-0.39, 0.29) is 5.92 Å². The third-order valence-electron chi connectivity index (χ3n) is 6.80. The third-order valence-corrected chi connectivity index (χ3v) is 6.80. The highest BCUT2D eigenvalue weighted by atomic mass is 16.5. The van der Waals surface area contributed by atoms with Gasteiger partial charge in [-0.3, -0.25) is 10.00 Å². The maximum atomic E-state index is 5.77. The van der Waals surface area contributed by atoms with E-state index in [9.17, 15) is 0 Å². The molecule has 0 aliphatic carbocycles.